The number of likely N-dealkylation sites (tertiary alicyclic amines) is 1. The molecule has 5 rings (SSSR count). The van der Waals surface area contributed by atoms with E-state index in [2.05, 4.69) is 15.2 Å². The van der Waals surface area contributed by atoms with Crippen molar-refractivity contribution in [3.63, 3.8) is 0 Å². The topological polar surface area (TPSA) is 64.3 Å². The number of carbonyl (C=O) groups excluding carboxylic acids is 1. The number of halogens is 3. The third-order valence-electron chi connectivity index (χ3n) is 7.60. The minimum absolute atomic E-state index is 0.0832. The maximum absolute atomic E-state index is 13.5. The van der Waals surface area contributed by atoms with Crippen LogP contribution in [-0.2, 0) is 19.3 Å². The van der Waals surface area contributed by atoms with Gasteiger partial charge in [0.05, 0.1) is 11.3 Å². The van der Waals surface area contributed by atoms with Gasteiger partial charge in [-0.05, 0) is 56.5 Å². The van der Waals surface area contributed by atoms with Crippen LogP contribution in [0, 0.1) is 13.8 Å². The lowest BCUT2D eigenvalue weighted by Crippen LogP contribution is -2.48. The second kappa shape index (κ2) is 12.2. The van der Waals surface area contributed by atoms with E-state index in [1.54, 1.807) is 0 Å². The molecule has 0 aliphatic carbocycles. The van der Waals surface area contributed by atoms with E-state index in [0.717, 1.165) is 66.3 Å². The summed E-state index contributed by atoms with van der Waals surface area (Å²) >= 11 is 0. The van der Waals surface area contributed by atoms with Crippen molar-refractivity contribution in [1.82, 2.24) is 19.8 Å². The van der Waals surface area contributed by atoms with Crippen LogP contribution in [0.3, 0.4) is 0 Å². The second-order valence-electron chi connectivity index (χ2n) is 10.6. The van der Waals surface area contributed by atoms with Crippen LogP contribution in [0.25, 0.3) is 11.4 Å². The lowest BCUT2D eigenvalue weighted by Gasteiger charge is -2.38. The Labute approximate surface area is 238 Å². The van der Waals surface area contributed by atoms with Crippen molar-refractivity contribution in [2.45, 2.75) is 52.0 Å². The number of amides is 2. The molecule has 3 aromatic carbocycles. The molecule has 9 heteroatoms. The highest BCUT2D eigenvalue weighted by atomic mass is 19.4. The van der Waals surface area contributed by atoms with Gasteiger partial charge >= 0.3 is 12.2 Å². The number of alkyl halides is 3. The van der Waals surface area contributed by atoms with Gasteiger partial charge in [-0.3, -0.25) is 4.90 Å². The molecular weight excluding hydrogens is 527 g/mol. The first-order valence-electron chi connectivity index (χ1n) is 13.8. The van der Waals surface area contributed by atoms with E-state index in [1.807, 2.05) is 73.3 Å². The van der Waals surface area contributed by atoms with E-state index in [0.29, 0.717) is 24.5 Å². The molecule has 41 heavy (non-hydrogen) atoms. The quantitative estimate of drug-likeness (QED) is 0.247. The molecule has 2 heterocycles. The first-order valence-corrected chi connectivity index (χ1v) is 13.8. The molecule has 1 fully saturated rings. The normalized spacial score (nSPS) is 14.7. The zero-order valence-corrected chi connectivity index (χ0v) is 23.2. The zero-order valence-electron chi connectivity index (χ0n) is 23.2. The average Bonchev–Trinajstić information content (AvgIpc) is 3.33. The number of urea groups is 1. The summed E-state index contributed by atoms with van der Waals surface area (Å²) in [6.07, 6.45) is -2.72. The average molecular weight is 562 g/mol. The Kier molecular flexibility index (Phi) is 8.44. The van der Waals surface area contributed by atoms with Gasteiger partial charge in [-0.2, -0.15) is 13.2 Å². The maximum atomic E-state index is 13.5. The van der Waals surface area contributed by atoms with Gasteiger partial charge in [0.2, 0.25) is 0 Å². The molecular formula is C32H34F3N5O. The Balaban J connectivity index is 1.23. The third kappa shape index (κ3) is 7.16. The summed E-state index contributed by atoms with van der Waals surface area (Å²) in [5.74, 6) is 0.558. The molecule has 0 unspecified atom stereocenters. The number of H-pyrrole nitrogens is 1. The van der Waals surface area contributed by atoms with Gasteiger partial charge in [-0.15, -0.1) is 0 Å². The maximum Gasteiger partial charge on any atom is 0.416 e. The first-order chi connectivity index (χ1) is 19.7. The molecule has 0 bridgehead atoms. The van der Waals surface area contributed by atoms with Crippen LogP contribution in [0.15, 0.2) is 78.9 Å². The lowest BCUT2D eigenvalue weighted by molar-refractivity contribution is -0.137. The van der Waals surface area contributed by atoms with E-state index in [9.17, 15) is 18.0 Å². The number of nitrogens with one attached hydrogen (secondary N) is 2. The molecule has 1 aromatic heterocycles. The van der Waals surface area contributed by atoms with Crippen LogP contribution in [-0.4, -0.2) is 44.9 Å². The highest BCUT2D eigenvalue weighted by molar-refractivity contribution is 5.89. The van der Waals surface area contributed by atoms with Crippen LogP contribution in [0.4, 0.5) is 23.7 Å². The van der Waals surface area contributed by atoms with Gasteiger partial charge in [0.1, 0.15) is 5.82 Å². The molecule has 1 aliphatic heterocycles. The van der Waals surface area contributed by atoms with Crippen LogP contribution in [0.2, 0.25) is 0 Å². The molecule has 1 aliphatic rings. The van der Waals surface area contributed by atoms with E-state index < -0.39 is 11.7 Å². The standard InChI is InChI=1S/C32H34F3N5O/c1-22-8-14-27(15-9-22)37-31(41)40(20-24-6-4-3-5-7-24)28-16-18-39(19-17-28)21-29-23(2)36-30(38-29)25-10-12-26(13-11-25)32(33,34)35/h3-15,28H,16-21H2,1-2H3,(H,36,38)(H,37,41). The Hall–Kier alpha value is -4.11. The van der Waals surface area contributed by atoms with E-state index >= 15 is 0 Å². The van der Waals surface area contributed by atoms with Crippen LogP contribution in [0.1, 0.15) is 40.9 Å². The summed E-state index contributed by atoms with van der Waals surface area (Å²) in [6.45, 7) is 6.70. The minimum Gasteiger partial charge on any atom is -0.342 e. The second-order valence-corrected chi connectivity index (χ2v) is 10.6. The summed E-state index contributed by atoms with van der Waals surface area (Å²) in [5, 5.41) is 3.07. The molecule has 0 atom stereocenters. The predicted octanol–water partition coefficient (Wildman–Crippen LogP) is 7.41. The Morgan fingerprint density at radius 3 is 2.27 bits per heavy atom. The molecule has 1 saturated heterocycles. The first kappa shape index (κ1) is 28.4. The van der Waals surface area contributed by atoms with Crippen molar-refractivity contribution in [1.29, 1.82) is 0 Å². The number of hydrogen-bond acceptors (Lipinski definition) is 3. The van der Waals surface area contributed by atoms with Crippen molar-refractivity contribution in [3.8, 4) is 11.4 Å². The van der Waals surface area contributed by atoms with Gasteiger partial charge in [0.25, 0.3) is 0 Å². The number of aromatic nitrogens is 2. The summed E-state index contributed by atoms with van der Waals surface area (Å²) in [5.41, 5.74) is 4.69. The van der Waals surface area contributed by atoms with Crippen molar-refractivity contribution in [2.75, 3.05) is 18.4 Å². The van der Waals surface area contributed by atoms with Gasteiger partial charge in [-0.25, -0.2) is 9.78 Å². The number of hydrogen-bond donors (Lipinski definition) is 2. The van der Waals surface area contributed by atoms with Crippen LogP contribution < -0.4 is 5.32 Å². The van der Waals surface area contributed by atoms with Crippen molar-refractivity contribution in [3.05, 3.63) is 107 Å². The monoisotopic (exact) mass is 561 g/mol. The number of aryl methyl sites for hydroxylation is 2. The molecule has 0 spiro atoms. The van der Waals surface area contributed by atoms with Gasteiger partial charge in [-0.1, -0.05) is 60.2 Å². The van der Waals surface area contributed by atoms with E-state index in [-0.39, 0.29) is 12.1 Å². The fourth-order valence-electron chi connectivity index (χ4n) is 5.18. The van der Waals surface area contributed by atoms with E-state index in [1.165, 1.54) is 12.1 Å². The molecule has 2 N–H and O–H groups in total. The number of nitrogens with zero attached hydrogens (tertiary/aromatic N) is 3. The number of aromatic amines is 1. The van der Waals surface area contributed by atoms with Crippen LogP contribution in [0.5, 0.6) is 0 Å². The highest BCUT2D eigenvalue weighted by Crippen LogP contribution is 2.31. The lowest BCUT2D eigenvalue weighted by atomic mass is 10.0. The molecule has 0 radical (unpaired) electrons. The molecule has 6 nitrogen and oxygen atoms in total. The summed E-state index contributed by atoms with van der Waals surface area (Å²) in [6, 6.07) is 22.8. The number of piperidine rings is 1. The summed E-state index contributed by atoms with van der Waals surface area (Å²) < 4.78 is 38.8. The smallest absolute Gasteiger partial charge is 0.342 e. The van der Waals surface area contributed by atoms with Gasteiger partial charge in [0.15, 0.2) is 0 Å². The molecule has 0 saturated carbocycles. The van der Waals surface area contributed by atoms with Crippen LogP contribution >= 0.6 is 0 Å². The number of imidazole rings is 1. The third-order valence-corrected chi connectivity index (χ3v) is 7.60. The fourth-order valence-corrected chi connectivity index (χ4v) is 5.18. The Morgan fingerprint density at radius 1 is 0.976 bits per heavy atom. The minimum atomic E-state index is -4.37. The Morgan fingerprint density at radius 2 is 1.63 bits per heavy atom. The van der Waals surface area contributed by atoms with Crippen molar-refractivity contribution in [2.24, 2.45) is 0 Å². The van der Waals surface area contributed by atoms with Gasteiger partial charge in [0, 0.05) is 49.2 Å². The van der Waals surface area contributed by atoms with Crippen molar-refractivity contribution < 1.29 is 18.0 Å². The molecule has 2 amide bonds. The number of anilines is 1. The SMILES string of the molecule is Cc1ccc(NC(=O)N(Cc2ccccc2)C2CCN(Cc3nc(-c4ccc(C(F)(F)F)cc4)[nH]c3C)CC2)cc1. The summed E-state index contributed by atoms with van der Waals surface area (Å²) in [4.78, 5) is 25.6. The van der Waals surface area contributed by atoms with Gasteiger partial charge < -0.3 is 15.2 Å². The largest absolute Gasteiger partial charge is 0.416 e. The summed E-state index contributed by atoms with van der Waals surface area (Å²) in [7, 11) is 0. The number of benzene rings is 3. The predicted molar refractivity (Wildman–Crippen MR) is 154 cm³/mol. The number of carbonyl (C=O) groups is 1. The zero-order chi connectivity index (χ0) is 29.0. The van der Waals surface area contributed by atoms with E-state index in [4.69, 9.17) is 4.98 Å². The Bertz CT molecular complexity index is 1440. The van der Waals surface area contributed by atoms with Crippen molar-refractivity contribution >= 4 is 11.7 Å². The number of rotatable bonds is 7. The highest BCUT2D eigenvalue weighted by Gasteiger charge is 2.31. The fraction of sp³-hybridized carbons (Fsp3) is 0.312. The molecule has 214 valence electrons. The molecule has 4 aromatic rings.